The van der Waals surface area contributed by atoms with Gasteiger partial charge in [0.2, 0.25) is 10.0 Å². The Morgan fingerprint density at radius 2 is 2.03 bits per heavy atom. The molecule has 10 nitrogen and oxygen atoms in total. The molecular weight excluding hydrogens is 429 g/mol. The van der Waals surface area contributed by atoms with Crippen molar-refractivity contribution in [1.29, 1.82) is 0 Å². The standard InChI is InChI=1S/C14H22N6O2S.C2HF3O2/c1-11-6-13(18(2)17-11)9-19-8-12-4-5-15-20(12)14(10-19)7-16-23(3,21)22;3-2(4,5)1(6)7/h4-6,14,16H,7-10H2,1-3H3;(H,6,7). The Kier molecular flexibility index (Phi) is 7.26. The first-order valence-corrected chi connectivity index (χ1v) is 10.6. The molecule has 0 aromatic carbocycles. The fourth-order valence-corrected chi connectivity index (χ4v) is 3.52. The van der Waals surface area contributed by atoms with Crippen molar-refractivity contribution >= 4 is 16.0 Å². The number of aromatic nitrogens is 4. The molecule has 0 aliphatic carbocycles. The van der Waals surface area contributed by atoms with Crippen LogP contribution in [-0.2, 0) is 35.0 Å². The first-order valence-electron chi connectivity index (χ1n) is 8.75. The first-order chi connectivity index (χ1) is 13.8. The van der Waals surface area contributed by atoms with E-state index in [9.17, 15) is 21.6 Å². The monoisotopic (exact) mass is 452 g/mol. The van der Waals surface area contributed by atoms with Gasteiger partial charge in [-0.15, -0.1) is 0 Å². The number of halogens is 3. The summed E-state index contributed by atoms with van der Waals surface area (Å²) in [4.78, 5) is 11.2. The van der Waals surface area contributed by atoms with E-state index >= 15 is 0 Å². The van der Waals surface area contributed by atoms with Crippen molar-refractivity contribution in [2.75, 3.05) is 19.3 Å². The molecule has 30 heavy (non-hydrogen) atoms. The summed E-state index contributed by atoms with van der Waals surface area (Å²) in [6.07, 6.45) is -2.14. The van der Waals surface area contributed by atoms with Gasteiger partial charge in [-0.2, -0.15) is 23.4 Å². The number of nitrogens with zero attached hydrogens (tertiary/aromatic N) is 5. The molecule has 3 rings (SSSR count). The highest BCUT2D eigenvalue weighted by Gasteiger charge is 2.38. The van der Waals surface area contributed by atoms with Crippen LogP contribution in [0.25, 0.3) is 0 Å². The Morgan fingerprint density at radius 1 is 1.40 bits per heavy atom. The van der Waals surface area contributed by atoms with Crippen molar-refractivity contribution in [2.45, 2.75) is 32.2 Å². The van der Waals surface area contributed by atoms with Crippen LogP contribution in [0.2, 0.25) is 0 Å². The van der Waals surface area contributed by atoms with E-state index in [2.05, 4.69) is 25.9 Å². The lowest BCUT2D eigenvalue weighted by Crippen LogP contribution is -2.42. The lowest BCUT2D eigenvalue weighted by molar-refractivity contribution is -0.192. The van der Waals surface area contributed by atoms with E-state index in [1.54, 1.807) is 6.20 Å². The minimum atomic E-state index is -5.08. The average molecular weight is 452 g/mol. The maximum atomic E-state index is 11.4. The summed E-state index contributed by atoms with van der Waals surface area (Å²) in [5, 5.41) is 15.8. The van der Waals surface area contributed by atoms with Crippen molar-refractivity contribution in [3.05, 3.63) is 35.4 Å². The summed E-state index contributed by atoms with van der Waals surface area (Å²) < 4.78 is 60.9. The van der Waals surface area contributed by atoms with Gasteiger partial charge in [0.15, 0.2) is 0 Å². The van der Waals surface area contributed by atoms with Crippen LogP contribution in [0.1, 0.15) is 23.1 Å². The Labute approximate surface area is 171 Å². The number of carbonyl (C=O) groups is 1. The topological polar surface area (TPSA) is 122 Å². The van der Waals surface area contributed by atoms with Crippen molar-refractivity contribution in [3.8, 4) is 0 Å². The third-order valence-electron chi connectivity index (χ3n) is 4.26. The normalized spacial score (nSPS) is 17.2. The molecule has 2 aromatic rings. The number of alkyl halides is 3. The molecule has 0 saturated heterocycles. The molecule has 1 atom stereocenters. The van der Waals surface area contributed by atoms with E-state index in [4.69, 9.17) is 9.90 Å². The molecule has 1 aliphatic rings. The third kappa shape index (κ3) is 6.81. The third-order valence-corrected chi connectivity index (χ3v) is 4.95. The predicted molar refractivity (Wildman–Crippen MR) is 99.9 cm³/mol. The smallest absolute Gasteiger partial charge is 0.475 e. The van der Waals surface area contributed by atoms with Gasteiger partial charge in [-0.3, -0.25) is 14.3 Å². The molecule has 3 heterocycles. The molecule has 1 unspecified atom stereocenters. The van der Waals surface area contributed by atoms with Crippen LogP contribution in [0.3, 0.4) is 0 Å². The van der Waals surface area contributed by atoms with Crippen LogP contribution < -0.4 is 4.72 Å². The predicted octanol–water partition coefficient (Wildman–Crippen LogP) is 0.664. The number of carboxylic acid groups (broad SMARTS) is 1. The number of aryl methyl sites for hydroxylation is 2. The number of fused-ring (bicyclic) bond motifs is 1. The van der Waals surface area contributed by atoms with Crippen LogP contribution in [-0.4, -0.2) is 69.5 Å². The zero-order valence-corrected chi connectivity index (χ0v) is 17.4. The molecule has 14 heteroatoms. The molecule has 0 spiro atoms. The minimum Gasteiger partial charge on any atom is -0.475 e. The molecule has 0 bridgehead atoms. The number of hydrogen-bond donors (Lipinski definition) is 2. The van der Waals surface area contributed by atoms with Gasteiger partial charge >= 0.3 is 12.1 Å². The maximum absolute atomic E-state index is 11.4. The molecule has 0 saturated carbocycles. The van der Waals surface area contributed by atoms with Crippen molar-refractivity contribution < 1.29 is 31.5 Å². The van der Waals surface area contributed by atoms with Gasteiger partial charge in [0.25, 0.3) is 0 Å². The van der Waals surface area contributed by atoms with E-state index in [1.165, 1.54) is 6.26 Å². The van der Waals surface area contributed by atoms with E-state index in [-0.39, 0.29) is 6.04 Å². The number of nitrogens with one attached hydrogen (secondary N) is 1. The number of hydrogen-bond acceptors (Lipinski definition) is 6. The maximum Gasteiger partial charge on any atom is 0.490 e. The summed E-state index contributed by atoms with van der Waals surface area (Å²) in [5.74, 6) is -2.76. The highest BCUT2D eigenvalue weighted by Crippen LogP contribution is 2.22. The van der Waals surface area contributed by atoms with Crippen LogP contribution >= 0.6 is 0 Å². The van der Waals surface area contributed by atoms with Crippen LogP contribution in [0.4, 0.5) is 13.2 Å². The highest BCUT2D eigenvalue weighted by atomic mass is 32.2. The van der Waals surface area contributed by atoms with E-state index in [1.807, 2.05) is 29.4 Å². The summed E-state index contributed by atoms with van der Waals surface area (Å²) >= 11 is 0. The molecule has 168 valence electrons. The largest absolute Gasteiger partial charge is 0.490 e. The lowest BCUT2D eigenvalue weighted by Gasteiger charge is -2.33. The molecule has 0 fully saturated rings. The summed E-state index contributed by atoms with van der Waals surface area (Å²) in [5.41, 5.74) is 3.24. The van der Waals surface area contributed by atoms with Crippen molar-refractivity contribution in [3.63, 3.8) is 0 Å². The highest BCUT2D eigenvalue weighted by molar-refractivity contribution is 7.88. The second kappa shape index (κ2) is 9.14. The number of aliphatic carboxylic acids is 1. The molecule has 2 aromatic heterocycles. The summed E-state index contributed by atoms with van der Waals surface area (Å²) in [6.45, 7) is 4.63. The van der Waals surface area contributed by atoms with Crippen LogP contribution in [0.15, 0.2) is 18.3 Å². The second-order valence-corrected chi connectivity index (χ2v) is 8.75. The van der Waals surface area contributed by atoms with Gasteiger partial charge in [-0.05, 0) is 19.1 Å². The Morgan fingerprint density at radius 3 is 2.53 bits per heavy atom. The van der Waals surface area contributed by atoms with Gasteiger partial charge in [0.1, 0.15) is 0 Å². The molecule has 1 aliphatic heterocycles. The molecule has 0 radical (unpaired) electrons. The molecular formula is C16H23F3N6O4S. The van der Waals surface area contributed by atoms with E-state index < -0.39 is 22.2 Å². The SMILES string of the molecule is Cc1cc(CN2Cc3ccnn3C(CNS(C)(=O)=O)C2)n(C)n1.O=C(O)C(F)(F)F. The second-order valence-electron chi connectivity index (χ2n) is 6.91. The molecule has 2 N–H and O–H groups in total. The van der Waals surface area contributed by atoms with Crippen LogP contribution in [0, 0.1) is 6.92 Å². The first kappa shape index (κ1) is 23.8. The summed E-state index contributed by atoms with van der Waals surface area (Å²) in [6, 6.07) is 4.04. The summed E-state index contributed by atoms with van der Waals surface area (Å²) in [7, 11) is -1.27. The van der Waals surface area contributed by atoms with E-state index in [0.717, 1.165) is 36.7 Å². The Bertz CT molecular complexity index is 986. The quantitative estimate of drug-likeness (QED) is 0.684. The number of sulfonamides is 1. The minimum absolute atomic E-state index is 0.0159. The zero-order chi connectivity index (χ0) is 22.7. The molecule has 0 amide bonds. The average Bonchev–Trinajstić information content (AvgIpc) is 3.18. The fraction of sp³-hybridized carbons (Fsp3) is 0.562. The zero-order valence-electron chi connectivity index (χ0n) is 16.6. The van der Waals surface area contributed by atoms with Gasteiger partial charge < -0.3 is 5.11 Å². The number of carboxylic acids is 1. The van der Waals surface area contributed by atoms with Gasteiger partial charge in [0, 0.05) is 39.4 Å². The number of rotatable bonds is 5. The van der Waals surface area contributed by atoms with Gasteiger partial charge in [0.05, 0.1) is 29.4 Å². The van der Waals surface area contributed by atoms with E-state index in [0.29, 0.717) is 6.54 Å². The van der Waals surface area contributed by atoms with Gasteiger partial charge in [-0.1, -0.05) is 0 Å². The van der Waals surface area contributed by atoms with Crippen LogP contribution in [0.5, 0.6) is 0 Å². The Balaban J connectivity index is 0.000000396. The van der Waals surface area contributed by atoms with Crippen molar-refractivity contribution in [2.24, 2.45) is 7.05 Å². The Hall–Kier alpha value is -2.45. The van der Waals surface area contributed by atoms with Gasteiger partial charge in [-0.25, -0.2) is 17.9 Å². The fourth-order valence-electron chi connectivity index (χ4n) is 3.03. The lowest BCUT2D eigenvalue weighted by atomic mass is 10.2. The van der Waals surface area contributed by atoms with Crippen molar-refractivity contribution in [1.82, 2.24) is 29.2 Å².